The fourth-order valence-corrected chi connectivity index (χ4v) is 1.96. The first-order valence-electron chi connectivity index (χ1n) is 4.84. The van der Waals surface area contributed by atoms with E-state index in [9.17, 15) is 4.21 Å². The smallest absolute Gasteiger partial charge is 0.0700 e. The summed E-state index contributed by atoms with van der Waals surface area (Å²) in [5.74, 6) is 1.27. The van der Waals surface area contributed by atoms with Crippen molar-refractivity contribution < 1.29 is 13.7 Å². The Bertz CT molecular complexity index is 153. The van der Waals surface area contributed by atoms with Crippen LogP contribution in [0.1, 0.15) is 13.3 Å². The Labute approximate surface area is 88.6 Å². The van der Waals surface area contributed by atoms with Gasteiger partial charge in [-0.05, 0) is 13.3 Å². The molecule has 86 valence electrons. The van der Waals surface area contributed by atoms with Crippen molar-refractivity contribution in [2.45, 2.75) is 19.4 Å². The second-order valence-electron chi connectivity index (χ2n) is 3.22. The molecular formula is C9H21NO3S. The predicted molar refractivity (Wildman–Crippen MR) is 58.8 cm³/mol. The highest BCUT2D eigenvalue weighted by molar-refractivity contribution is 7.84. The van der Waals surface area contributed by atoms with E-state index in [0.717, 1.165) is 6.42 Å². The van der Waals surface area contributed by atoms with E-state index in [1.807, 2.05) is 6.92 Å². The SMILES string of the molecule is COCCOCCS(=O)CCC(C)N. The van der Waals surface area contributed by atoms with Gasteiger partial charge in [-0.25, -0.2) is 0 Å². The van der Waals surface area contributed by atoms with Gasteiger partial charge in [0.25, 0.3) is 0 Å². The summed E-state index contributed by atoms with van der Waals surface area (Å²) in [5, 5.41) is 0. The van der Waals surface area contributed by atoms with Gasteiger partial charge in [0, 0.05) is 35.5 Å². The molecule has 0 aromatic carbocycles. The first-order valence-corrected chi connectivity index (χ1v) is 6.33. The summed E-state index contributed by atoms with van der Waals surface area (Å²) in [7, 11) is 0.837. The van der Waals surface area contributed by atoms with Gasteiger partial charge < -0.3 is 15.2 Å². The molecule has 0 rings (SSSR count). The Morgan fingerprint density at radius 2 is 2.00 bits per heavy atom. The normalized spacial score (nSPS) is 15.4. The molecule has 2 unspecified atom stereocenters. The Hall–Kier alpha value is 0.0300. The van der Waals surface area contributed by atoms with Crippen LogP contribution in [0.5, 0.6) is 0 Å². The second-order valence-corrected chi connectivity index (χ2v) is 4.92. The minimum Gasteiger partial charge on any atom is -0.382 e. The van der Waals surface area contributed by atoms with E-state index in [1.54, 1.807) is 7.11 Å². The lowest BCUT2D eigenvalue weighted by Gasteiger charge is -2.05. The Kier molecular flexibility index (Phi) is 9.60. The Morgan fingerprint density at radius 1 is 1.29 bits per heavy atom. The largest absolute Gasteiger partial charge is 0.382 e. The fourth-order valence-electron chi connectivity index (χ4n) is 0.816. The summed E-state index contributed by atoms with van der Waals surface area (Å²) in [6.07, 6.45) is 0.810. The minimum absolute atomic E-state index is 0.133. The van der Waals surface area contributed by atoms with Crippen LogP contribution in [-0.4, -0.2) is 48.7 Å². The quantitative estimate of drug-likeness (QED) is 0.565. The van der Waals surface area contributed by atoms with Gasteiger partial charge in [0.1, 0.15) is 0 Å². The molecule has 0 spiro atoms. The van der Waals surface area contributed by atoms with Crippen LogP contribution in [0.2, 0.25) is 0 Å². The molecule has 0 aliphatic carbocycles. The molecule has 0 radical (unpaired) electrons. The van der Waals surface area contributed by atoms with Crippen LogP contribution in [0.4, 0.5) is 0 Å². The molecule has 0 amide bonds. The highest BCUT2D eigenvalue weighted by Gasteiger charge is 2.01. The third kappa shape index (κ3) is 10.1. The summed E-state index contributed by atoms with van der Waals surface area (Å²) in [5.41, 5.74) is 5.55. The molecule has 14 heavy (non-hydrogen) atoms. The lowest BCUT2D eigenvalue weighted by molar-refractivity contribution is 0.0787. The van der Waals surface area contributed by atoms with Crippen molar-refractivity contribution in [3.63, 3.8) is 0 Å². The highest BCUT2D eigenvalue weighted by Crippen LogP contribution is 1.92. The molecule has 0 heterocycles. The van der Waals surface area contributed by atoms with Gasteiger partial charge in [-0.1, -0.05) is 0 Å². The predicted octanol–water partition coefficient (Wildman–Crippen LogP) is 0.135. The third-order valence-electron chi connectivity index (χ3n) is 1.69. The third-order valence-corrected chi connectivity index (χ3v) is 3.00. The summed E-state index contributed by atoms with van der Waals surface area (Å²) < 4.78 is 21.3. The van der Waals surface area contributed by atoms with E-state index >= 15 is 0 Å². The average Bonchev–Trinajstić information content (AvgIpc) is 2.14. The van der Waals surface area contributed by atoms with Crippen LogP contribution in [0.3, 0.4) is 0 Å². The van der Waals surface area contributed by atoms with Crippen molar-refractivity contribution in [3.05, 3.63) is 0 Å². The first-order chi connectivity index (χ1) is 6.66. The van der Waals surface area contributed by atoms with Gasteiger partial charge in [0.15, 0.2) is 0 Å². The number of ether oxygens (including phenoxy) is 2. The maximum atomic E-state index is 11.3. The zero-order chi connectivity index (χ0) is 10.8. The number of hydrogen-bond acceptors (Lipinski definition) is 4. The van der Waals surface area contributed by atoms with E-state index in [1.165, 1.54) is 0 Å². The van der Waals surface area contributed by atoms with E-state index in [2.05, 4.69) is 0 Å². The molecule has 0 aromatic rings. The monoisotopic (exact) mass is 223 g/mol. The minimum atomic E-state index is -0.792. The molecular weight excluding hydrogens is 202 g/mol. The Balaban J connectivity index is 3.18. The van der Waals surface area contributed by atoms with Gasteiger partial charge >= 0.3 is 0 Å². The van der Waals surface area contributed by atoms with Gasteiger partial charge in [-0.3, -0.25) is 4.21 Å². The molecule has 0 aromatic heterocycles. The van der Waals surface area contributed by atoms with Gasteiger partial charge in [-0.2, -0.15) is 0 Å². The standard InChI is InChI=1S/C9H21NO3S/c1-9(10)3-7-14(11)8-6-13-5-4-12-2/h9H,3-8,10H2,1-2H3. The van der Waals surface area contributed by atoms with Crippen molar-refractivity contribution in [3.8, 4) is 0 Å². The van der Waals surface area contributed by atoms with Crippen molar-refractivity contribution in [2.24, 2.45) is 5.73 Å². The fraction of sp³-hybridized carbons (Fsp3) is 1.00. The van der Waals surface area contributed by atoms with Crippen molar-refractivity contribution in [1.82, 2.24) is 0 Å². The van der Waals surface area contributed by atoms with Crippen LogP contribution in [0, 0.1) is 0 Å². The zero-order valence-electron chi connectivity index (χ0n) is 9.03. The van der Waals surface area contributed by atoms with Crippen molar-refractivity contribution in [1.29, 1.82) is 0 Å². The molecule has 0 aliphatic rings. The summed E-state index contributed by atoms with van der Waals surface area (Å²) in [4.78, 5) is 0. The van der Waals surface area contributed by atoms with Gasteiger partial charge in [-0.15, -0.1) is 0 Å². The maximum absolute atomic E-state index is 11.3. The molecule has 0 aliphatic heterocycles. The summed E-state index contributed by atoms with van der Waals surface area (Å²) >= 11 is 0. The lowest BCUT2D eigenvalue weighted by atomic mass is 10.3. The van der Waals surface area contributed by atoms with Crippen LogP contribution >= 0.6 is 0 Å². The molecule has 0 fully saturated rings. The van der Waals surface area contributed by atoms with Crippen LogP contribution in [0.15, 0.2) is 0 Å². The molecule has 2 N–H and O–H groups in total. The van der Waals surface area contributed by atoms with Crippen molar-refractivity contribution in [2.75, 3.05) is 38.4 Å². The van der Waals surface area contributed by atoms with Crippen LogP contribution in [0.25, 0.3) is 0 Å². The number of nitrogens with two attached hydrogens (primary N) is 1. The average molecular weight is 223 g/mol. The molecule has 0 saturated heterocycles. The Morgan fingerprint density at radius 3 is 2.57 bits per heavy atom. The second kappa shape index (κ2) is 9.58. The van der Waals surface area contributed by atoms with Crippen LogP contribution < -0.4 is 5.73 Å². The highest BCUT2D eigenvalue weighted by atomic mass is 32.2. The summed E-state index contributed by atoms with van der Waals surface area (Å²) in [6, 6.07) is 0.133. The number of methoxy groups -OCH3 is 1. The van der Waals surface area contributed by atoms with E-state index < -0.39 is 10.8 Å². The molecule has 0 bridgehead atoms. The van der Waals surface area contributed by atoms with Crippen molar-refractivity contribution >= 4 is 10.8 Å². The van der Waals surface area contributed by atoms with E-state index in [-0.39, 0.29) is 6.04 Å². The topological polar surface area (TPSA) is 61.5 Å². The number of rotatable bonds is 9. The first kappa shape index (κ1) is 14.0. The summed E-state index contributed by atoms with van der Waals surface area (Å²) in [6.45, 7) is 3.62. The molecule has 0 saturated carbocycles. The van der Waals surface area contributed by atoms with E-state index in [4.69, 9.17) is 15.2 Å². The molecule has 5 heteroatoms. The van der Waals surface area contributed by atoms with Gasteiger partial charge in [0.05, 0.1) is 19.8 Å². The maximum Gasteiger partial charge on any atom is 0.0700 e. The number of hydrogen-bond donors (Lipinski definition) is 1. The molecule has 2 atom stereocenters. The van der Waals surface area contributed by atoms with Gasteiger partial charge in [0.2, 0.25) is 0 Å². The lowest BCUT2D eigenvalue weighted by Crippen LogP contribution is -2.19. The zero-order valence-corrected chi connectivity index (χ0v) is 9.85. The molecule has 4 nitrogen and oxygen atoms in total. The van der Waals surface area contributed by atoms with Crippen LogP contribution in [-0.2, 0) is 20.3 Å². The van der Waals surface area contributed by atoms with E-state index in [0.29, 0.717) is 31.3 Å².